The van der Waals surface area contributed by atoms with Gasteiger partial charge in [0.15, 0.2) is 5.78 Å². The van der Waals surface area contributed by atoms with E-state index in [0.717, 1.165) is 0 Å². The Morgan fingerprint density at radius 1 is 1.29 bits per heavy atom. The molecule has 0 fully saturated rings. The monoisotopic (exact) mass is 228 g/mol. The van der Waals surface area contributed by atoms with Gasteiger partial charge in [-0.25, -0.2) is 0 Å². The number of nitrogens with zero attached hydrogens (tertiary/aromatic N) is 2. The van der Waals surface area contributed by atoms with Crippen molar-refractivity contribution in [2.24, 2.45) is 5.92 Å². The van der Waals surface area contributed by atoms with Crippen LogP contribution in [0, 0.1) is 28.6 Å². The Labute approximate surface area is 100 Å². The molecule has 0 heterocycles. The molecule has 0 aliphatic heterocycles. The molecule has 0 aromatic heterocycles. The van der Waals surface area contributed by atoms with Gasteiger partial charge in [0, 0.05) is 12.0 Å². The van der Waals surface area contributed by atoms with Gasteiger partial charge in [0.05, 0.1) is 18.7 Å². The molecular formula is C13H12N2O2. The zero-order valence-electron chi connectivity index (χ0n) is 9.51. The summed E-state index contributed by atoms with van der Waals surface area (Å²) >= 11 is 0. The van der Waals surface area contributed by atoms with Crippen LogP contribution in [0.25, 0.3) is 0 Å². The minimum absolute atomic E-state index is 0.0685. The van der Waals surface area contributed by atoms with Gasteiger partial charge >= 0.3 is 0 Å². The van der Waals surface area contributed by atoms with E-state index in [-0.39, 0.29) is 12.2 Å². The van der Waals surface area contributed by atoms with Gasteiger partial charge in [-0.2, -0.15) is 10.5 Å². The van der Waals surface area contributed by atoms with E-state index >= 15 is 0 Å². The van der Waals surface area contributed by atoms with Gasteiger partial charge in [0.1, 0.15) is 11.7 Å². The van der Waals surface area contributed by atoms with Crippen LogP contribution in [0.3, 0.4) is 0 Å². The SMILES string of the molecule is CCOc1ccc(C(=O)CC(C#N)C#N)cc1. The third-order valence-electron chi connectivity index (χ3n) is 2.19. The van der Waals surface area contributed by atoms with Crippen LogP contribution in [-0.2, 0) is 0 Å². The van der Waals surface area contributed by atoms with Gasteiger partial charge < -0.3 is 4.74 Å². The summed E-state index contributed by atoms with van der Waals surface area (Å²) in [6, 6.07) is 10.2. The topological polar surface area (TPSA) is 73.9 Å². The predicted molar refractivity (Wildman–Crippen MR) is 61.3 cm³/mol. The van der Waals surface area contributed by atoms with Gasteiger partial charge in [-0.1, -0.05) is 0 Å². The van der Waals surface area contributed by atoms with Crippen molar-refractivity contribution in [2.45, 2.75) is 13.3 Å². The number of ether oxygens (including phenoxy) is 1. The molecule has 0 bridgehead atoms. The number of benzene rings is 1. The summed E-state index contributed by atoms with van der Waals surface area (Å²) in [6.45, 7) is 2.45. The highest BCUT2D eigenvalue weighted by atomic mass is 16.5. The van der Waals surface area contributed by atoms with Crippen LogP contribution in [0.5, 0.6) is 5.75 Å². The number of hydrogen-bond donors (Lipinski definition) is 0. The molecule has 0 N–H and O–H groups in total. The second kappa shape index (κ2) is 6.30. The summed E-state index contributed by atoms with van der Waals surface area (Å²) in [5.74, 6) is -0.392. The quantitative estimate of drug-likeness (QED) is 0.725. The van der Waals surface area contributed by atoms with Crippen molar-refractivity contribution in [1.82, 2.24) is 0 Å². The summed E-state index contributed by atoms with van der Waals surface area (Å²) in [5.41, 5.74) is 0.490. The normalized spacial score (nSPS) is 9.41. The lowest BCUT2D eigenvalue weighted by molar-refractivity contribution is 0.0976. The molecule has 0 radical (unpaired) electrons. The van der Waals surface area contributed by atoms with Crippen LogP contribution in [0.2, 0.25) is 0 Å². The van der Waals surface area contributed by atoms with E-state index in [4.69, 9.17) is 15.3 Å². The summed E-state index contributed by atoms with van der Waals surface area (Å²) in [7, 11) is 0. The highest BCUT2D eigenvalue weighted by molar-refractivity contribution is 5.96. The molecule has 0 aliphatic carbocycles. The molecule has 0 aliphatic rings. The van der Waals surface area contributed by atoms with Crippen LogP contribution in [0.1, 0.15) is 23.7 Å². The Morgan fingerprint density at radius 2 is 1.88 bits per heavy atom. The van der Waals surface area contributed by atoms with Crippen molar-refractivity contribution in [3.63, 3.8) is 0 Å². The first-order valence-corrected chi connectivity index (χ1v) is 5.26. The molecule has 0 saturated carbocycles. The van der Waals surface area contributed by atoms with Gasteiger partial charge in [-0.3, -0.25) is 4.79 Å². The van der Waals surface area contributed by atoms with Crippen molar-refractivity contribution >= 4 is 5.78 Å². The second-order valence-corrected chi connectivity index (χ2v) is 3.40. The first-order valence-electron chi connectivity index (χ1n) is 5.26. The molecule has 4 nitrogen and oxygen atoms in total. The average Bonchev–Trinajstić information content (AvgIpc) is 2.37. The molecule has 1 aromatic rings. The van der Waals surface area contributed by atoms with Crippen LogP contribution in [0.15, 0.2) is 24.3 Å². The van der Waals surface area contributed by atoms with Crippen LogP contribution < -0.4 is 4.74 Å². The van der Waals surface area contributed by atoms with E-state index in [9.17, 15) is 4.79 Å². The number of Topliss-reactive ketones (excluding diaryl/α,β-unsaturated/α-hetero) is 1. The molecule has 0 unspecified atom stereocenters. The number of hydrogen-bond acceptors (Lipinski definition) is 4. The molecular weight excluding hydrogens is 216 g/mol. The van der Waals surface area contributed by atoms with E-state index in [1.165, 1.54) is 0 Å². The number of ketones is 1. The van der Waals surface area contributed by atoms with E-state index in [2.05, 4.69) is 0 Å². The van der Waals surface area contributed by atoms with E-state index in [0.29, 0.717) is 17.9 Å². The van der Waals surface area contributed by atoms with Gasteiger partial charge in [-0.05, 0) is 31.2 Å². The third-order valence-corrected chi connectivity index (χ3v) is 2.19. The van der Waals surface area contributed by atoms with Crippen molar-refractivity contribution in [1.29, 1.82) is 10.5 Å². The second-order valence-electron chi connectivity index (χ2n) is 3.40. The lowest BCUT2D eigenvalue weighted by Gasteiger charge is -2.04. The Kier molecular flexibility index (Phi) is 4.72. The van der Waals surface area contributed by atoms with Crippen LogP contribution in [0.4, 0.5) is 0 Å². The fraction of sp³-hybridized carbons (Fsp3) is 0.308. The minimum atomic E-state index is -0.880. The molecule has 0 amide bonds. The Hall–Kier alpha value is -2.33. The van der Waals surface area contributed by atoms with E-state index < -0.39 is 5.92 Å². The fourth-order valence-corrected chi connectivity index (χ4v) is 1.33. The molecule has 0 atom stereocenters. The lowest BCUT2D eigenvalue weighted by atomic mass is 10.0. The minimum Gasteiger partial charge on any atom is -0.494 e. The maximum Gasteiger partial charge on any atom is 0.165 e. The number of nitriles is 2. The average molecular weight is 228 g/mol. The summed E-state index contributed by atoms with van der Waals surface area (Å²) in [6.07, 6.45) is -0.0685. The Balaban J connectivity index is 2.71. The first-order chi connectivity index (χ1) is 8.21. The smallest absolute Gasteiger partial charge is 0.165 e. The molecule has 4 heteroatoms. The Bertz CT molecular complexity index is 452. The van der Waals surface area contributed by atoms with Crippen molar-refractivity contribution in [2.75, 3.05) is 6.61 Å². The highest BCUT2D eigenvalue weighted by Crippen LogP contribution is 2.15. The molecule has 86 valence electrons. The van der Waals surface area contributed by atoms with Gasteiger partial charge in [-0.15, -0.1) is 0 Å². The van der Waals surface area contributed by atoms with Gasteiger partial charge in [0.25, 0.3) is 0 Å². The summed E-state index contributed by atoms with van der Waals surface area (Å²) < 4.78 is 5.25. The fourth-order valence-electron chi connectivity index (χ4n) is 1.33. The molecule has 0 spiro atoms. The zero-order valence-corrected chi connectivity index (χ0v) is 9.51. The maximum atomic E-state index is 11.7. The predicted octanol–water partition coefficient (Wildman–Crippen LogP) is 2.32. The molecule has 1 aromatic carbocycles. The standard InChI is InChI=1S/C13H12N2O2/c1-2-17-12-5-3-11(4-6-12)13(16)7-10(8-14)9-15/h3-6,10H,2,7H2,1H3. The molecule has 17 heavy (non-hydrogen) atoms. The highest BCUT2D eigenvalue weighted by Gasteiger charge is 2.13. The molecule has 1 rings (SSSR count). The third kappa shape index (κ3) is 3.62. The summed E-state index contributed by atoms with van der Waals surface area (Å²) in [5, 5.41) is 17.2. The van der Waals surface area contributed by atoms with Crippen molar-refractivity contribution < 1.29 is 9.53 Å². The first kappa shape index (κ1) is 12.7. The Morgan fingerprint density at radius 3 is 2.35 bits per heavy atom. The van der Waals surface area contributed by atoms with Crippen molar-refractivity contribution in [3.8, 4) is 17.9 Å². The number of carbonyl (C=O) groups excluding carboxylic acids is 1. The lowest BCUT2D eigenvalue weighted by Crippen LogP contribution is -2.05. The van der Waals surface area contributed by atoms with Crippen LogP contribution in [-0.4, -0.2) is 12.4 Å². The maximum absolute atomic E-state index is 11.7. The molecule has 0 saturated heterocycles. The van der Waals surface area contributed by atoms with Gasteiger partial charge in [0.2, 0.25) is 0 Å². The number of rotatable bonds is 5. The van der Waals surface area contributed by atoms with Crippen LogP contribution >= 0.6 is 0 Å². The number of carbonyl (C=O) groups is 1. The van der Waals surface area contributed by atoms with E-state index in [1.54, 1.807) is 36.4 Å². The largest absolute Gasteiger partial charge is 0.494 e. The zero-order chi connectivity index (χ0) is 12.7. The van der Waals surface area contributed by atoms with E-state index in [1.807, 2.05) is 6.92 Å². The summed E-state index contributed by atoms with van der Waals surface area (Å²) in [4.78, 5) is 11.7. The van der Waals surface area contributed by atoms with Crippen molar-refractivity contribution in [3.05, 3.63) is 29.8 Å².